The Morgan fingerprint density at radius 3 is 2.23 bits per heavy atom. The van der Waals surface area contributed by atoms with Crippen molar-refractivity contribution >= 4 is 11.9 Å². The number of ether oxygens (including phenoxy) is 2. The first-order valence-electron chi connectivity index (χ1n) is 8.39. The summed E-state index contributed by atoms with van der Waals surface area (Å²) >= 11 is 0. The predicted molar refractivity (Wildman–Crippen MR) is 92.2 cm³/mol. The van der Waals surface area contributed by atoms with Crippen molar-refractivity contribution in [3.63, 3.8) is 0 Å². The van der Waals surface area contributed by atoms with E-state index < -0.39 is 29.5 Å². The van der Waals surface area contributed by atoms with Gasteiger partial charge in [-0.05, 0) is 43.2 Å². The third kappa shape index (κ3) is 3.64. The van der Waals surface area contributed by atoms with Crippen LogP contribution in [-0.4, -0.2) is 19.0 Å². The topological polar surface area (TPSA) is 52.6 Å². The molecule has 1 aliphatic rings. The summed E-state index contributed by atoms with van der Waals surface area (Å²) in [5.74, 6) is -2.79. The van der Waals surface area contributed by atoms with Gasteiger partial charge in [0.2, 0.25) is 0 Å². The highest BCUT2D eigenvalue weighted by molar-refractivity contribution is 5.88. The van der Waals surface area contributed by atoms with Gasteiger partial charge in [0.15, 0.2) is 0 Å². The number of esters is 2. The Bertz CT molecular complexity index is 754. The van der Waals surface area contributed by atoms with Crippen LogP contribution < -0.4 is 0 Å². The van der Waals surface area contributed by atoms with Crippen LogP contribution in [0.15, 0.2) is 17.7 Å². The monoisotopic (exact) mass is 366 g/mol. The van der Waals surface area contributed by atoms with Gasteiger partial charge in [-0.25, -0.2) is 13.6 Å². The summed E-state index contributed by atoms with van der Waals surface area (Å²) in [5.41, 5.74) is 0.949. The van der Waals surface area contributed by atoms with E-state index in [0.29, 0.717) is 11.1 Å². The van der Waals surface area contributed by atoms with Gasteiger partial charge in [-0.15, -0.1) is 0 Å². The molecule has 1 aliphatic carbocycles. The van der Waals surface area contributed by atoms with Crippen LogP contribution in [0.2, 0.25) is 0 Å². The number of carbonyl (C=O) groups is 2. The van der Waals surface area contributed by atoms with Crippen LogP contribution in [0, 0.1) is 42.7 Å². The van der Waals surface area contributed by atoms with Crippen molar-refractivity contribution in [2.45, 2.75) is 41.2 Å². The van der Waals surface area contributed by atoms with Gasteiger partial charge in [-0.3, -0.25) is 4.79 Å². The second-order valence-corrected chi connectivity index (χ2v) is 7.34. The van der Waals surface area contributed by atoms with E-state index in [0.717, 1.165) is 6.07 Å². The molecule has 142 valence electrons. The molecule has 0 aromatic heterocycles. The van der Waals surface area contributed by atoms with Gasteiger partial charge in [-0.1, -0.05) is 19.9 Å². The number of hydrogen-bond donors (Lipinski definition) is 0. The number of methoxy groups -OCH3 is 1. The minimum absolute atomic E-state index is 0.152. The Kier molecular flexibility index (Phi) is 5.54. The van der Waals surface area contributed by atoms with Gasteiger partial charge in [0.1, 0.15) is 18.2 Å². The van der Waals surface area contributed by atoms with Crippen molar-refractivity contribution in [2.75, 3.05) is 7.11 Å². The Balaban J connectivity index is 2.11. The number of allylic oxidation sites excluding steroid dienone is 1. The zero-order valence-corrected chi connectivity index (χ0v) is 15.9. The van der Waals surface area contributed by atoms with Crippen LogP contribution >= 0.6 is 0 Å². The summed E-state index contributed by atoms with van der Waals surface area (Å²) in [4.78, 5) is 24.0. The molecular weight excluding hydrogens is 342 g/mol. The minimum Gasteiger partial charge on any atom is -0.466 e. The number of halogens is 2. The SMILES string of the molecule is COC(=O)/C(C)=C/[C@@H]1[C@@H](C(=O)OCc2c(C)c(F)cc(F)c2C)C1(C)C. The molecule has 0 spiro atoms. The van der Waals surface area contributed by atoms with Crippen molar-refractivity contribution < 1.29 is 27.8 Å². The Morgan fingerprint density at radius 1 is 1.19 bits per heavy atom. The standard InChI is InChI=1S/C20H24F2O4/c1-10(18(23)25-6)7-14-17(20(14,4)5)19(24)26-9-13-11(2)15(21)8-16(22)12(13)3/h7-8,14,17H,9H2,1-6H3/b10-7+/t14-,17+/m1/s1. The van der Waals surface area contributed by atoms with Crippen molar-refractivity contribution in [2.24, 2.45) is 17.3 Å². The Morgan fingerprint density at radius 2 is 1.73 bits per heavy atom. The molecule has 0 N–H and O–H groups in total. The lowest BCUT2D eigenvalue weighted by Gasteiger charge is -2.12. The van der Waals surface area contributed by atoms with Crippen molar-refractivity contribution in [1.29, 1.82) is 0 Å². The van der Waals surface area contributed by atoms with E-state index in [2.05, 4.69) is 4.74 Å². The maximum absolute atomic E-state index is 13.7. The third-order valence-corrected chi connectivity index (χ3v) is 5.34. The lowest BCUT2D eigenvalue weighted by molar-refractivity contribution is -0.147. The summed E-state index contributed by atoms with van der Waals surface area (Å²) in [7, 11) is 1.30. The minimum atomic E-state index is -0.666. The first kappa shape index (κ1) is 20.1. The van der Waals surface area contributed by atoms with Gasteiger partial charge >= 0.3 is 11.9 Å². The molecule has 1 saturated carbocycles. The summed E-state index contributed by atoms with van der Waals surface area (Å²) in [6.07, 6.45) is 1.72. The fourth-order valence-electron chi connectivity index (χ4n) is 3.28. The quantitative estimate of drug-likeness (QED) is 0.583. The van der Waals surface area contributed by atoms with Crippen LogP contribution in [0.3, 0.4) is 0 Å². The molecule has 0 radical (unpaired) electrons. The van der Waals surface area contributed by atoms with Gasteiger partial charge in [-0.2, -0.15) is 0 Å². The lowest BCUT2D eigenvalue weighted by Crippen LogP contribution is -2.12. The number of hydrogen-bond acceptors (Lipinski definition) is 4. The first-order chi connectivity index (χ1) is 12.0. The van der Waals surface area contributed by atoms with E-state index in [-0.39, 0.29) is 29.1 Å². The molecule has 1 fully saturated rings. The zero-order valence-electron chi connectivity index (χ0n) is 15.9. The van der Waals surface area contributed by atoms with E-state index in [1.165, 1.54) is 21.0 Å². The third-order valence-electron chi connectivity index (χ3n) is 5.34. The highest BCUT2D eigenvalue weighted by atomic mass is 19.1. The molecule has 0 heterocycles. The maximum Gasteiger partial charge on any atom is 0.333 e. The maximum atomic E-state index is 13.7. The van der Waals surface area contributed by atoms with E-state index in [1.807, 2.05) is 13.8 Å². The first-order valence-corrected chi connectivity index (χ1v) is 8.39. The van der Waals surface area contributed by atoms with E-state index in [9.17, 15) is 18.4 Å². The highest BCUT2D eigenvalue weighted by Crippen LogP contribution is 2.60. The average molecular weight is 366 g/mol. The van der Waals surface area contributed by atoms with Gasteiger partial charge < -0.3 is 9.47 Å². The molecule has 0 bridgehead atoms. The van der Waals surface area contributed by atoms with Gasteiger partial charge in [0.25, 0.3) is 0 Å². The number of carbonyl (C=O) groups excluding carboxylic acids is 2. The molecule has 0 aliphatic heterocycles. The summed E-state index contributed by atoms with van der Waals surface area (Å²) < 4.78 is 37.4. The molecule has 0 amide bonds. The van der Waals surface area contributed by atoms with Crippen LogP contribution in [0.25, 0.3) is 0 Å². The zero-order chi connectivity index (χ0) is 19.8. The van der Waals surface area contributed by atoms with Crippen LogP contribution in [0.4, 0.5) is 8.78 Å². The Hall–Kier alpha value is -2.24. The molecule has 1 aromatic carbocycles. The fraction of sp³-hybridized carbons (Fsp3) is 0.500. The summed E-state index contributed by atoms with van der Waals surface area (Å²) in [6.45, 7) is 8.30. The molecule has 6 heteroatoms. The molecule has 2 atom stereocenters. The van der Waals surface area contributed by atoms with E-state index in [4.69, 9.17) is 4.74 Å². The number of benzene rings is 1. The highest BCUT2D eigenvalue weighted by Gasteiger charge is 2.61. The van der Waals surface area contributed by atoms with Crippen LogP contribution in [0.1, 0.15) is 37.5 Å². The number of rotatable bonds is 5. The van der Waals surface area contributed by atoms with Crippen molar-refractivity contribution in [1.82, 2.24) is 0 Å². The van der Waals surface area contributed by atoms with Crippen molar-refractivity contribution in [3.8, 4) is 0 Å². The molecular formula is C20H24F2O4. The van der Waals surface area contributed by atoms with Crippen molar-refractivity contribution in [3.05, 3.63) is 46.0 Å². The summed E-state index contributed by atoms with van der Waals surface area (Å²) in [6, 6.07) is 0.830. The lowest BCUT2D eigenvalue weighted by atomic mass is 10.0. The smallest absolute Gasteiger partial charge is 0.333 e. The van der Waals surface area contributed by atoms with Gasteiger partial charge in [0, 0.05) is 17.2 Å². The molecule has 4 nitrogen and oxygen atoms in total. The second kappa shape index (κ2) is 7.17. The van der Waals surface area contributed by atoms with E-state index >= 15 is 0 Å². The van der Waals surface area contributed by atoms with E-state index in [1.54, 1.807) is 13.0 Å². The van der Waals surface area contributed by atoms with Crippen LogP contribution in [-0.2, 0) is 25.7 Å². The predicted octanol–water partition coefficient (Wildman–Crippen LogP) is 4.02. The summed E-state index contributed by atoms with van der Waals surface area (Å²) in [5, 5.41) is 0. The average Bonchev–Trinajstić information content (AvgIpc) is 3.12. The molecule has 0 saturated heterocycles. The molecule has 0 unspecified atom stereocenters. The molecule has 1 aromatic rings. The molecule has 2 rings (SSSR count). The second-order valence-electron chi connectivity index (χ2n) is 7.34. The van der Waals surface area contributed by atoms with Crippen LogP contribution in [0.5, 0.6) is 0 Å². The fourth-order valence-corrected chi connectivity index (χ4v) is 3.28. The van der Waals surface area contributed by atoms with Gasteiger partial charge in [0.05, 0.1) is 13.0 Å². The Labute approximate surface area is 152 Å². The normalized spacial score (nSPS) is 21.3. The largest absolute Gasteiger partial charge is 0.466 e. The molecule has 26 heavy (non-hydrogen) atoms.